The van der Waals surface area contributed by atoms with E-state index in [4.69, 9.17) is 4.74 Å². The number of halogens is 1. The van der Waals surface area contributed by atoms with Gasteiger partial charge >= 0.3 is 0 Å². The summed E-state index contributed by atoms with van der Waals surface area (Å²) in [5.41, 5.74) is 0. The van der Waals surface area contributed by atoms with E-state index >= 15 is 0 Å². The second-order valence-electron chi connectivity index (χ2n) is 6.02. The molecular weight excluding hydrogens is 330 g/mol. The molecule has 2 atom stereocenters. The van der Waals surface area contributed by atoms with Crippen molar-refractivity contribution in [2.24, 2.45) is 5.92 Å². The van der Waals surface area contributed by atoms with Gasteiger partial charge in [0.05, 0.1) is 0 Å². The van der Waals surface area contributed by atoms with Crippen LogP contribution in [0.25, 0.3) is 0 Å². The summed E-state index contributed by atoms with van der Waals surface area (Å²) in [6.07, 6.45) is 6.25. The van der Waals surface area contributed by atoms with E-state index in [-0.39, 0.29) is 0 Å². The fraction of sp³-hybridized carbons (Fsp3) is 0.647. The minimum Gasteiger partial charge on any atom is -0.491 e. The number of hydrogen-bond donors (Lipinski definition) is 2. The Morgan fingerprint density at radius 2 is 2.10 bits per heavy atom. The van der Waals surface area contributed by atoms with Gasteiger partial charge < -0.3 is 15.2 Å². The fourth-order valence-corrected chi connectivity index (χ4v) is 3.31. The van der Waals surface area contributed by atoms with Gasteiger partial charge in [-0.25, -0.2) is 0 Å². The predicted octanol–water partition coefficient (Wildman–Crippen LogP) is 3.75. The van der Waals surface area contributed by atoms with Gasteiger partial charge in [-0.05, 0) is 43.9 Å². The van der Waals surface area contributed by atoms with E-state index in [1.807, 2.05) is 24.3 Å². The van der Waals surface area contributed by atoms with E-state index in [1.54, 1.807) is 0 Å². The molecule has 2 rings (SSSR count). The minimum atomic E-state index is -0.477. The summed E-state index contributed by atoms with van der Waals surface area (Å²) in [5.74, 6) is 1.54. The van der Waals surface area contributed by atoms with Crippen LogP contribution in [0.4, 0.5) is 0 Å². The van der Waals surface area contributed by atoms with Crippen molar-refractivity contribution in [1.82, 2.24) is 5.32 Å². The third-order valence-corrected chi connectivity index (χ3v) is 4.76. The van der Waals surface area contributed by atoms with Crippen molar-refractivity contribution in [2.75, 3.05) is 13.2 Å². The van der Waals surface area contributed by atoms with Crippen LogP contribution >= 0.6 is 15.9 Å². The molecular formula is C17H26BrNO2. The summed E-state index contributed by atoms with van der Waals surface area (Å²) < 4.78 is 6.59. The van der Waals surface area contributed by atoms with Crippen LogP contribution in [0, 0.1) is 5.92 Å². The standard InChI is InChI=1S/C17H26BrNO2/c1-13(14-6-3-2-4-7-14)19-11-16(20)12-21-17-9-5-8-15(18)10-17/h5,8-10,13-14,16,19-20H,2-4,6-7,11-12H2,1H3. The van der Waals surface area contributed by atoms with Gasteiger partial charge in [0.1, 0.15) is 18.5 Å². The summed E-state index contributed by atoms with van der Waals surface area (Å²) in [4.78, 5) is 0. The van der Waals surface area contributed by atoms with Gasteiger partial charge in [-0.3, -0.25) is 0 Å². The Labute approximate surface area is 136 Å². The van der Waals surface area contributed by atoms with Gasteiger partial charge in [0.25, 0.3) is 0 Å². The van der Waals surface area contributed by atoms with Crippen molar-refractivity contribution in [3.63, 3.8) is 0 Å². The second kappa shape index (κ2) is 8.76. The van der Waals surface area contributed by atoms with E-state index in [1.165, 1.54) is 32.1 Å². The largest absolute Gasteiger partial charge is 0.491 e. The topological polar surface area (TPSA) is 41.5 Å². The lowest BCUT2D eigenvalue weighted by molar-refractivity contribution is 0.100. The lowest BCUT2D eigenvalue weighted by atomic mass is 9.84. The zero-order chi connectivity index (χ0) is 15.1. The summed E-state index contributed by atoms with van der Waals surface area (Å²) in [6, 6.07) is 8.16. The Morgan fingerprint density at radius 3 is 2.81 bits per heavy atom. The Kier molecular flexibility index (Phi) is 7.00. The monoisotopic (exact) mass is 355 g/mol. The maximum absolute atomic E-state index is 10.0. The summed E-state index contributed by atoms with van der Waals surface area (Å²) in [6.45, 7) is 3.14. The number of ether oxygens (including phenoxy) is 1. The average molecular weight is 356 g/mol. The molecule has 3 nitrogen and oxygen atoms in total. The first-order valence-electron chi connectivity index (χ1n) is 7.95. The number of hydrogen-bond acceptors (Lipinski definition) is 3. The van der Waals surface area contributed by atoms with Gasteiger partial charge in [0.2, 0.25) is 0 Å². The van der Waals surface area contributed by atoms with Crippen molar-refractivity contribution < 1.29 is 9.84 Å². The highest BCUT2D eigenvalue weighted by molar-refractivity contribution is 9.10. The molecule has 2 unspecified atom stereocenters. The average Bonchev–Trinajstić information content (AvgIpc) is 2.51. The van der Waals surface area contributed by atoms with Crippen LogP contribution in [-0.4, -0.2) is 30.4 Å². The van der Waals surface area contributed by atoms with E-state index in [9.17, 15) is 5.11 Å². The highest BCUT2D eigenvalue weighted by atomic mass is 79.9. The van der Waals surface area contributed by atoms with Gasteiger partial charge in [0, 0.05) is 17.1 Å². The van der Waals surface area contributed by atoms with E-state index in [0.29, 0.717) is 19.2 Å². The number of rotatable bonds is 7. The SMILES string of the molecule is CC(NCC(O)COc1cccc(Br)c1)C1CCCCC1. The van der Waals surface area contributed by atoms with Gasteiger partial charge in [-0.1, -0.05) is 41.3 Å². The first-order valence-corrected chi connectivity index (χ1v) is 8.74. The Balaban J connectivity index is 1.66. The normalized spacial score (nSPS) is 19.2. The zero-order valence-corrected chi connectivity index (χ0v) is 14.3. The lowest BCUT2D eigenvalue weighted by Gasteiger charge is -2.29. The molecule has 2 N–H and O–H groups in total. The van der Waals surface area contributed by atoms with Crippen molar-refractivity contribution >= 4 is 15.9 Å². The fourth-order valence-electron chi connectivity index (χ4n) is 2.93. The summed E-state index contributed by atoms with van der Waals surface area (Å²) in [7, 11) is 0. The molecule has 1 aliphatic carbocycles. The van der Waals surface area contributed by atoms with Crippen molar-refractivity contribution in [1.29, 1.82) is 0 Å². The molecule has 1 saturated carbocycles. The molecule has 1 aromatic rings. The number of nitrogens with one attached hydrogen (secondary N) is 1. The van der Waals surface area contributed by atoms with Crippen LogP contribution in [0.2, 0.25) is 0 Å². The number of aliphatic hydroxyl groups excluding tert-OH is 1. The van der Waals surface area contributed by atoms with Crippen LogP contribution in [0.1, 0.15) is 39.0 Å². The second-order valence-corrected chi connectivity index (χ2v) is 6.93. The third-order valence-electron chi connectivity index (χ3n) is 4.27. The molecule has 0 amide bonds. The molecule has 1 aliphatic rings. The minimum absolute atomic E-state index is 0.320. The van der Waals surface area contributed by atoms with Crippen LogP contribution < -0.4 is 10.1 Å². The van der Waals surface area contributed by atoms with E-state index in [0.717, 1.165) is 16.1 Å². The zero-order valence-electron chi connectivity index (χ0n) is 12.7. The first kappa shape index (κ1) is 16.8. The molecule has 1 fully saturated rings. The highest BCUT2D eigenvalue weighted by Gasteiger charge is 2.20. The van der Waals surface area contributed by atoms with Crippen LogP contribution in [0.5, 0.6) is 5.75 Å². The Hall–Kier alpha value is -0.580. The third kappa shape index (κ3) is 5.97. The van der Waals surface area contributed by atoms with Crippen molar-refractivity contribution in [3.8, 4) is 5.75 Å². The van der Waals surface area contributed by atoms with Crippen LogP contribution in [-0.2, 0) is 0 Å². The van der Waals surface area contributed by atoms with Crippen LogP contribution in [0.15, 0.2) is 28.7 Å². The molecule has 0 spiro atoms. The molecule has 0 aromatic heterocycles. The number of benzene rings is 1. The first-order chi connectivity index (χ1) is 10.1. The molecule has 118 valence electrons. The Bertz CT molecular complexity index is 421. The lowest BCUT2D eigenvalue weighted by Crippen LogP contribution is -2.40. The highest BCUT2D eigenvalue weighted by Crippen LogP contribution is 2.26. The van der Waals surface area contributed by atoms with Gasteiger partial charge in [-0.15, -0.1) is 0 Å². The van der Waals surface area contributed by atoms with E-state index in [2.05, 4.69) is 28.2 Å². The van der Waals surface area contributed by atoms with E-state index < -0.39 is 6.10 Å². The van der Waals surface area contributed by atoms with Crippen molar-refractivity contribution in [2.45, 2.75) is 51.2 Å². The molecule has 21 heavy (non-hydrogen) atoms. The van der Waals surface area contributed by atoms with Gasteiger partial charge in [0.15, 0.2) is 0 Å². The van der Waals surface area contributed by atoms with Crippen molar-refractivity contribution in [3.05, 3.63) is 28.7 Å². The molecule has 4 heteroatoms. The number of aliphatic hydroxyl groups is 1. The summed E-state index contributed by atoms with van der Waals surface area (Å²) in [5, 5.41) is 13.5. The molecule has 0 bridgehead atoms. The maximum atomic E-state index is 10.0. The summed E-state index contributed by atoms with van der Waals surface area (Å²) >= 11 is 3.41. The van der Waals surface area contributed by atoms with Gasteiger partial charge in [-0.2, -0.15) is 0 Å². The maximum Gasteiger partial charge on any atom is 0.120 e. The predicted molar refractivity (Wildman–Crippen MR) is 89.7 cm³/mol. The molecule has 0 saturated heterocycles. The smallest absolute Gasteiger partial charge is 0.120 e. The molecule has 1 aromatic carbocycles. The Morgan fingerprint density at radius 1 is 1.33 bits per heavy atom. The molecule has 0 aliphatic heterocycles. The molecule has 0 heterocycles. The quantitative estimate of drug-likeness (QED) is 0.782. The van der Waals surface area contributed by atoms with Crippen LogP contribution in [0.3, 0.4) is 0 Å². The molecule has 0 radical (unpaired) electrons.